The molecule has 2 aliphatic rings. The monoisotopic (exact) mass is 448 g/mol. The summed E-state index contributed by atoms with van der Waals surface area (Å²) in [5.41, 5.74) is 7.25. The summed E-state index contributed by atoms with van der Waals surface area (Å²) in [6.07, 6.45) is 6.50. The number of benzene rings is 4. The van der Waals surface area contributed by atoms with E-state index in [2.05, 4.69) is 59.2 Å². The SMILES string of the molecule is O=C(CCCCC(=O)Nc1ccc2c3c(cccc13)CC2)Nc1ccc2c3c(cccc13)CC2. The third-order valence-electron chi connectivity index (χ3n) is 7.36. The summed E-state index contributed by atoms with van der Waals surface area (Å²) in [7, 11) is 0. The molecule has 0 aliphatic heterocycles. The Balaban J connectivity index is 1.03. The number of amides is 2. The summed E-state index contributed by atoms with van der Waals surface area (Å²) < 4.78 is 0. The van der Waals surface area contributed by atoms with Gasteiger partial charge in [-0.25, -0.2) is 0 Å². The zero-order valence-electron chi connectivity index (χ0n) is 19.2. The molecule has 4 nitrogen and oxygen atoms in total. The van der Waals surface area contributed by atoms with Crippen molar-refractivity contribution >= 4 is 44.7 Å². The first-order valence-corrected chi connectivity index (χ1v) is 12.3. The van der Waals surface area contributed by atoms with Crippen LogP contribution in [0.3, 0.4) is 0 Å². The Labute approximate surface area is 199 Å². The van der Waals surface area contributed by atoms with Gasteiger partial charge in [-0.05, 0) is 83.7 Å². The fraction of sp³-hybridized carbons (Fsp3) is 0.267. The second-order valence-electron chi connectivity index (χ2n) is 9.53. The minimum atomic E-state index is 0.00612. The van der Waals surface area contributed by atoms with Gasteiger partial charge in [-0.2, -0.15) is 0 Å². The van der Waals surface area contributed by atoms with Crippen molar-refractivity contribution in [1.82, 2.24) is 0 Å². The molecule has 2 amide bonds. The van der Waals surface area contributed by atoms with Crippen LogP contribution in [0.15, 0.2) is 60.7 Å². The molecule has 0 fully saturated rings. The second kappa shape index (κ2) is 8.60. The van der Waals surface area contributed by atoms with E-state index in [1.807, 2.05) is 12.1 Å². The summed E-state index contributed by atoms with van der Waals surface area (Å²) >= 11 is 0. The van der Waals surface area contributed by atoms with Crippen LogP contribution in [-0.4, -0.2) is 11.8 Å². The molecule has 0 radical (unpaired) electrons. The maximum Gasteiger partial charge on any atom is 0.224 e. The van der Waals surface area contributed by atoms with Gasteiger partial charge >= 0.3 is 0 Å². The van der Waals surface area contributed by atoms with Gasteiger partial charge in [0.25, 0.3) is 0 Å². The summed E-state index contributed by atoms with van der Waals surface area (Å²) in [5.74, 6) is 0.0122. The number of carbonyl (C=O) groups excluding carboxylic acids is 2. The average Bonchev–Trinajstić information content (AvgIpc) is 3.47. The summed E-state index contributed by atoms with van der Waals surface area (Å²) in [6, 6.07) is 21.0. The molecule has 0 unspecified atom stereocenters. The Kier molecular flexibility index (Phi) is 5.29. The molecule has 0 saturated carbocycles. The van der Waals surface area contributed by atoms with Gasteiger partial charge in [0.15, 0.2) is 0 Å². The molecule has 4 aromatic carbocycles. The van der Waals surface area contributed by atoms with Crippen molar-refractivity contribution in [3.05, 3.63) is 82.9 Å². The lowest BCUT2D eigenvalue weighted by Gasteiger charge is -2.11. The van der Waals surface area contributed by atoms with Crippen LogP contribution < -0.4 is 10.6 Å². The van der Waals surface area contributed by atoms with Gasteiger partial charge in [0, 0.05) is 35.0 Å². The highest BCUT2D eigenvalue weighted by molar-refractivity contribution is 6.06. The molecule has 170 valence electrons. The van der Waals surface area contributed by atoms with Crippen LogP contribution in [0.5, 0.6) is 0 Å². The van der Waals surface area contributed by atoms with Crippen LogP contribution in [0, 0.1) is 0 Å². The molecule has 0 saturated heterocycles. The van der Waals surface area contributed by atoms with E-state index in [1.54, 1.807) is 0 Å². The predicted octanol–water partition coefficient (Wildman–Crippen LogP) is 6.33. The highest BCUT2D eigenvalue weighted by Gasteiger charge is 2.18. The van der Waals surface area contributed by atoms with E-state index < -0.39 is 0 Å². The zero-order chi connectivity index (χ0) is 23.1. The first kappa shape index (κ1) is 20.9. The fourth-order valence-electron chi connectivity index (χ4n) is 5.71. The van der Waals surface area contributed by atoms with Crippen LogP contribution in [0.2, 0.25) is 0 Å². The number of aryl methyl sites for hydroxylation is 4. The van der Waals surface area contributed by atoms with Crippen LogP contribution in [0.25, 0.3) is 21.5 Å². The molecular weight excluding hydrogens is 420 g/mol. The number of unbranched alkanes of at least 4 members (excludes halogenated alkanes) is 1. The number of rotatable bonds is 7. The first-order valence-electron chi connectivity index (χ1n) is 12.3. The van der Waals surface area contributed by atoms with Gasteiger partial charge in [-0.3, -0.25) is 9.59 Å². The number of carbonyl (C=O) groups is 2. The number of hydrogen-bond donors (Lipinski definition) is 2. The molecule has 0 atom stereocenters. The van der Waals surface area contributed by atoms with Crippen LogP contribution in [0.1, 0.15) is 47.9 Å². The molecule has 4 heteroatoms. The van der Waals surface area contributed by atoms with E-state index in [1.165, 1.54) is 33.0 Å². The lowest BCUT2D eigenvalue weighted by atomic mass is 10.0. The predicted molar refractivity (Wildman–Crippen MR) is 138 cm³/mol. The average molecular weight is 449 g/mol. The minimum Gasteiger partial charge on any atom is -0.326 e. The van der Waals surface area contributed by atoms with Crippen LogP contribution in [0.4, 0.5) is 11.4 Å². The van der Waals surface area contributed by atoms with E-state index >= 15 is 0 Å². The van der Waals surface area contributed by atoms with Crippen molar-refractivity contribution in [3.63, 3.8) is 0 Å². The highest BCUT2D eigenvalue weighted by Crippen LogP contribution is 2.36. The number of hydrogen-bond acceptors (Lipinski definition) is 2. The third-order valence-corrected chi connectivity index (χ3v) is 7.36. The molecular formula is C30H28N2O2. The molecule has 2 aliphatic carbocycles. The van der Waals surface area contributed by atoms with Gasteiger partial charge in [0.05, 0.1) is 0 Å². The Morgan fingerprint density at radius 2 is 0.971 bits per heavy atom. The minimum absolute atomic E-state index is 0.00612. The molecule has 4 aromatic rings. The van der Waals surface area contributed by atoms with E-state index in [9.17, 15) is 9.59 Å². The van der Waals surface area contributed by atoms with E-state index in [0.717, 1.165) is 47.8 Å². The smallest absolute Gasteiger partial charge is 0.224 e. The summed E-state index contributed by atoms with van der Waals surface area (Å²) in [5, 5.41) is 11.1. The van der Waals surface area contributed by atoms with Gasteiger partial charge < -0.3 is 10.6 Å². The Morgan fingerprint density at radius 3 is 1.41 bits per heavy atom. The quantitative estimate of drug-likeness (QED) is 0.325. The van der Waals surface area contributed by atoms with Crippen molar-refractivity contribution in [3.8, 4) is 0 Å². The van der Waals surface area contributed by atoms with Gasteiger partial charge in [0.1, 0.15) is 0 Å². The molecule has 0 spiro atoms. The fourth-order valence-corrected chi connectivity index (χ4v) is 5.71. The molecule has 0 aromatic heterocycles. The van der Waals surface area contributed by atoms with E-state index in [0.29, 0.717) is 25.7 Å². The lowest BCUT2D eigenvalue weighted by Crippen LogP contribution is -2.13. The largest absolute Gasteiger partial charge is 0.326 e. The normalized spacial score (nSPS) is 13.5. The maximum atomic E-state index is 12.6. The van der Waals surface area contributed by atoms with Gasteiger partial charge in [-0.15, -0.1) is 0 Å². The topological polar surface area (TPSA) is 58.2 Å². The van der Waals surface area contributed by atoms with Crippen LogP contribution in [-0.2, 0) is 35.3 Å². The molecule has 0 heterocycles. The molecule has 0 bridgehead atoms. The van der Waals surface area contributed by atoms with Crippen molar-refractivity contribution < 1.29 is 9.59 Å². The Morgan fingerprint density at radius 1 is 0.559 bits per heavy atom. The van der Waals surface area contributed by atoms with Crippen LogP contribution >= 0.6 is 0 Å². The Hall–Kier alpha value is -3.66. The summed E-state index contributed by atoms with van der Waals surface area (Å²) in [4.78, 5) is 25.2. The van der Waals surface area contributed by atoms with E-state index in [4.69, 9.17) is 0 Å². The third kappa shape index (κ3) is 3.73. The first-order chi connectivity index (χ1) is 16.7. The Bertz CT molecular complexity index is 1320. The van der Waals surface area contributed by atoms with Gasteiger partial charge in [0.2, 0.25) is 11.8 Å². The zero-order valence-corrected chi connectivity index (χ0v) is 19.2. The highest BCUT2D eigenvalue weighted by atomic mass is 16.2. The standard InChI is InChI=1S/C30H28N2O2/c33-27(31-25-17-15-21-13-11-19-5-3-7-23(25)29(19)21)9-1-2-10-28(34)32-26-18-16-22-14-12-20-6-4-8-24(26)30(20)22/h3-8,15-18H,1-2,9-14H2,(H,31,33)(H,32,34). The molecule has 34 heavy (non-hydrogen) atoms. The van der Waals surface area contributed by atoms with Crippen molar-refractivity contribution in [2.24, 2.45) is 0 Å². The molecule has 2 N–H and O–H groups in total. The number of anilines is 2. The van der Waals surface area contributed by atoms with Crippen molar-refractivity contribution in [2.45, 2.75) is 51.4 Å². The van der Waals surface area contributed by atoms with Crippen molar-refractivity contribution in [2.75, 3.05) is 10.6 Å². The maximum absolute atomic E-state index is 12.6. The second-order valence-corrected chi connectivity index (χ2v) is 9.53. The number of nitrogens with one attached hydrogen (secondary N) is 2. The van der Waals surface area contributed by atoms with E-state index in [-0.39, 0.29) is 11.8 Å². The van der Waals surface area contributed by atoms with Crippen molar-refractivity contribution in [1.29, 1.82) is 0 Å². The summed E-state index contributed by atoms with van der Waals surface area (Å²) in [6.45, 7) is 0. The molecule has 6 rings (SSSR count). The lowest BCUT2D eigenvalue weighted by molar-refractivity contribution is -0.118. The van der Waals surface area contributed by atoms with Gasteiger partial charge in [-0.1, -0.05) is 48.5 Å².